The molecule has 0 aliphatic rings. The number of pyridine rings is 2. The number of hydrogen-bond acceptors (Lipinski definition) is 2. The van der Waals surface area contributed by atoms with Crippen molar-refractivity contribution in [3.8, 4) is 44.8 Å². The van der Waals surface area contributed by atoms with E-state index in [1.54, 1.807) is 12.1 Å². The van der Waals surface area contributed by atoms with Gasteiger partial charge < -0.3 is 9.97 Å². The molecule has 0 saturated heterocycles. The van der Waals surface area contributed by atoms with E-state index in [-0.39, 0.29) is 31.2 Å². The Labute approximate surface area is 311 Å². The van der Waals surface area contributed by atoms with Crippen LogP contribution in [0.5, 0.6) is 0 Å². The fraction of sp³-hybridized carbons (Fsp3) is 0.0870. The van der Waals surface area contributed by atoms with Crippen molar-refractivity contribution in [1.82, 2.24) is 9.97 Å². The molecule has 0 spiro atoms. The van der Waals surface area contributed by atoms with E-state index in [4.69, 9.17) is 13.2 Å². The Morgan fingerprint density at radius 2 is 1.33 bits per heavy atom. The van der Waals surface area contributed by atoms with Gasteiger partial charge in [-0.05, 0) is 99.1 Å². The van der Waals surface area contributed by atoms with Crippen LogP contribution < -0.4 is 0 Å². The summed E-state index contributed by atoms with van der Waals surface area (Å²) >= 11 is 0. The Morgan fingerprint density at radius 3 is 2.06 bits per heavy atom. The zero-order valence-electron chi connectivity index (χ0n) is 33.1. The third kappa shape index (κ3) is 7.29. The number of nitrogens with zero attached hydrogens (tertiary/aromatic N) is 2. The number of aryl methyl sites for hydroxylation is 4. The molecular formula is C46H36IrN2-2. The molecule has 49 heavy (non-hydrogen) atoms. The van der Waals surface area contributed by atoms with Crippen molar-refractivity contribution >= 4 is 21.5 Å². The SMILES string of the molecule is Cc1cccc(C)c1-c1ccnc(-c2[c-]ccc(-c3cc4ccccc4c4ccccc34)c2)c1.[2H]C([2H])([2H])c1c[c-]c(-c2ccc(C([2H])([2H])[2H])cn2)cc1.[Ir]. The summed E-state index contributed by atoms with van der Waals surface area (Å²) < 4.78 is 43.6. The van der Waals surface area contributed by atoms with E-state index < -0.39 is 13.7 Å². The summed E-state index contributed by atoms with van der Waals surface area (Å²) in [6.45, 7) is -0.00598. The Kier molecular flexibility index (Phi) is 8.13. The fourth-order valence-corrected chi connectivity index (χ4v) is 6.22. The minimum atomic E-state index is -2.18. The van der Waals surface area contributed by atoms with E-state index in [0.29, 0.717) is 11.3 Å². The van der Waals surface area contributed by atoms with E-state index in [2.05, 4.69) is 128 Å². The predicted octanol–water partition coefficient (Wildman–Crippen LogP) is 12.0. The first-order valence-electron chi connectivity index (χ1n) is 18.8. The summed E-state index contributed by atoms with van der Waals surface area (Å²) in [5.41, 5.74) is 10.9. The second-order valence-electron chi connectivity index (χ2n) is 11.8. The summed E-state index contributed by atoms with van der Waals surface area (Å²) in [6, 6.07) is 50.5. The Balaban J connectivity index is 0.000000211. The maximum atomic E-state index is 7.28. The molecule has 8 aromatic rings. The van der Waals surface area contributed by atoms with Crippen molar-refractivity contribution in [2.75, 3.05) is 0 Å². The Morgan fingerprint density at radius 1 is 0.571 bits per heavy atom. The molecule has 241 valence electrons. The number of aromatic nitrogens is 2. The molecule has 0 fully saturated rings. The van der Waals surface area contributed by atoms with Crippen LogP contribution in [0.2, 0.25) is 0 Å². The summed E-state index contributed by atoms with van der Waals surface area (Å²) in [7, 11) is 0. The van der Waals surface area contributed by atoms with Gasteiger partial charge in [0.05, 0.1) is 0 Å². The summed E-state index contributed by atoms with van der Waals surface area (Å²) in [4.78, 5) is 8.79. The zero-order valence-corrected chi connectivity index (χ0v) is 29.5. The monoisotopic (exact) mass is 815 g/mol. The summed E-state index contributed by atoms with van der Waals surface area (Å²) in [6.07, 6.45) is 3.20. The van der Waals surface area contributed by atoms with Gasteiger partial charge in [0, 0.05) is 40.7 Å². The normalized spacial score (nSPS) is 13.0. The van der Waals surface area contributed by atoms with E-state index in [9.17, 15) is 0 Å². The van der Waals surface area contributed by atoms with Crippen LogP contribution in [-0.4, -0.2) is 9.97 Å². The maximum Gasteiger partial charge on any atom is 0.0280 e. The maximum absolute atomic E-state index is 7.28. The second-order valence-corrected chi connectivity index (χ2v) is 11.8. The standard InChI is InChI=1S/C33H24N.C13H12N.Ir/c1-22-9-7-10-23(2)33(22)27-17-18-34-32(21-27)26-13-8-12-24(19-26)31-20-25-11-3-4-14-28(25)29-15-5-6-16-30(29)31;1-10-3-6-12(7-4-10)13-8-5-11(2)9-14-13;/h3-12,14-21H,1-2H3;3-6,8-9H,1-2H3;/q2*-1;/i;1D3,2D3;. The number of rotatable bonds is 4. The Hall–Kier alpha value is -5.21. The van der Waals surface area contributed by atoms with Gasteiger partial charge in [-0.1, -0.05) is 91.8 Å². The van der Waals surface area contributed by atoms with Crippen LogP contribution in [-0.2, 0) is 20.1 Å². The molecule has 0 aliphatic carbocycles. The van der Waals surface area contributed by atoms with Crippen molar-refractivity contribution < 1.29 is 28.3 Å². The third-order valence-corrected chi connectivity index (χ3v) is 8.54. The molecular weight excluding hydrogens is 773 g/mol. The van der Waals surface area contributed by atoms with Gasteiger partial charge in [-0.3, -0.25) is 0 Å². The molecule has 6 aromatic carbocycles. The molecule has 0 amide bonds. The number of hydrogen-bond donors (Lipinski definition) is 0. The van der Waals surface area contributed by atoms with Gasteiger partial charge in [0.15, 0.2) is 0 Å². The number of benzene rings is 6. The van der Waals surface area contributed by atoms with Crippen LogP contribution >= 0.6 is 0 Å². The van der Waals surface area contributed by atoms with E-state index in [0.717, 1.165) is 11.3 Å². The summed E-state index contributed by atoms with van der Waals surface area (Å²) in [5.74, 6) is 0. The van der Waals surface area contributed by atoms with Gasteiger partial charge in [-0.2, -0.15) is 0 Å². The van der Waals surface area contributed by atoms with Crippen LogP contribution in [0.15, 0.2) is 146 Å². The van der Waals surface area contributed by atoms with Crippen LogP contribution in [0.1, 0.15) is 30.5 Å². The molecule has 0 saturated carbocycles. The molecule has 2 heterocycles. The molecule has 0 bridgehead atoms. The molecule has 0 N–H and O–H groups in total. The van der Waals surface area contributed by atoms with Crippen LogP contribution in [0.4, 0.5) is 0 Å². The largest absolute Gasteiger partial charge is 0.305 e. The molecule has 2 aromatic heterocycles. The van der Waals surface area contributed by atoms with Gasteiger partial charge >= 0.3 is 0 Å². The first-order chi connectivity index (χ1) is 25.9. The minimum Gasteiger partial charge on any atom is -0.305 e. The van der Waals surface area contributed by atoms with Gasteiger partial charge in [0.1, 0.15) is 0 Å². The van der Waals surface area contributed by atoms with Gasteiger partial charge in [0.25, 0.3) is 0 Å². The van der Waals surface area contributed by atoms with E-state index in [1.165, 1.54) is 79.3 Å². The summed E-state index contributed by atoms with van der Waals surface area (Å²) in [5, 5.41) is 5.07. The van der Waals surface area contributed by atoms with Gasteiger partial charge in [0.2, 0.25) is 0 Å². The Bertz CT molecular complexity index is 2520. The quantitative estimate of drug-likeness (QED) is 0.131. The first-order valence-corrected chi connectivity index (χ1v) is 15.8. The van der Waals surface area contributed by atoms with Crippen molar-refractivity contribution in [1.29, 1.82) is 0 Å². The van der Waals surface area contributed by atoms with Crippen molar-refractivity contribution in [2.24, 2.45) is 0 Å². The molecule has 0 unspecified atom stereocenters. The van der Waals surface area contributed by atoms with E-state index in [1.807, 2.05) is 12.3 Å². The van der Waals surface area contributed by atoms with Crippen molar-refractivity contribution in [3.05, 3.63) is 180 Å². The number of fused-ring (bicyclic) bond motifs is 3. The average Bonchev–Trinajstić information content (AvgIpc) is 3.17. The predicted molar refractivity (Wildman–Crippen MR) is 202 cm³/mol. The van der Waals surface area contributed by atoms with E-state index >= 15 is 0 Å². The van der Waals surface area contributed by atoms with Crippen molar-refractivity contribution in [3.63, 3.8) is 0 Å². The van der Waals surface area contributed by atoms with Crippen molar-refractivity contribution in [2.45, 2.75) is 27.6 Å². The molecule has 0 atom stereocenters. The average molecular weight is 815 g/mol. The minimum absolute atomic E-state index is 0. The molecule has 0 aliphatic heterocycles. The fourth-order valence-electron chi connectivity index (χ4n) is 6.22. The smallest absolute Gasteiger partial charge is 0.0280 e. The topological polar surface area (TPSA) is 25.8 Å². The first kappa shape index (κ1) is 26.7. The zero-order chi connectivity index (χ0) is 38.0. The molecule has 3 heteroatoms. The molecule has 2 nitrogen and oxygen atoms in total. The third-order valence-electron chi connectivity index (χ3n) is 8.54. The molecule has 1 radical (unpaired) electrons. The van der Waals surface area contributed by atoms with Gasteiger partial charge in [-0.15, -0.1) is 70.8 Å². The van der Waals surface area contributed by atoms with Crippen LogP contribution in [0.3, 0.4) is 0 Å². The second kappa shape index (κ2) is 14.9. The van der Waals surface area contributed by atoms with Gasteiger partial charge in [-0.25, -0.2) is 0 Å². The van der Waals surface area contributed by atoms with Crippen LogP contribution in [0, 0.1) is 39.7 Å². The van der Waals surface area contributed by atoms with Crippen LogP contribution in [0.25, 0.3) is 66.3 Å². The molecule has 8 rings (SSSR count).